The molecule has 2 aromatic rings. The van der Waals surface area contributed by atoms with E-state index in [1.54, 1.807) is 24.3 Å². The molecule has 0 saturated heterocycles. The lowest BCUT2D eigenvalue weighted by Crippen LogP contribution is -2.42. The summed E-state index contributed by atoms with van der Waals surface area (Å²) in [7, 11) is 0. The Labute approximate surface area is 132 Å². The zero-order valence-electron chi connectivity index (χ0n) is 11.4. The molecule has 1 saturated carbocycles. The highest BCUT2D eigenvalue weighted by Gasteiger charge is 2.46. The number of thiophene rings is 1. The summed E-state index contributed by atoms with van der Waals surface area (Å²) in [5.74, 6) is -0.0288. The minimum absolute atomic E-state index is 0.211. The first kappa shape index (κ1) is 14.6. The second-order valence-corrected chi connectivity index (χ2v) is 6.69. The van der Waals surface area contributed by atoms with E-state index in [-0.39, 0.29) is 18.4 Å². The molecule has 0 bridgehead atoms. The largest absolute Gasteiger partial charge is 0.382 e. The minimum Gasteiger partial charge on any atom is -0.382 e. The van der Waals surface area contributed by atoms with Crippen molar-refractivity contribution in [3.05, 3.63) is 57.2 Å². The van der Waals surface area contributed by atoms with E-state index in [0.29, 0.717) is 10.6 Å². The molecule has 1 fully saturated rings. The number of nitrogens with one attached hydrogen (secondary N) is 1. The van der Waals surface area contributed by atoms with Crippen molar-refractivity contribution >= 4 is 28.8 Å². The van der Waals surface area contributed by atoms with E-state index in [9.17, 15) is 9.90 Å². The standard InChI is InChI=1S/C16H16ClNO2S/c17-13-5-2-1-4-12(13)15(19)18-10-16(20,11-7-8-11)14-6-3-9-21-14/h1-6,9,11,20H,7-8,10H2,(H,18,19). The predicted octanol–water partition coefficient (Wildman–Crippen LogP) is 3.43. The number of benzene rings is 1. The quantitative estimate of drug-likeness (QED) is 0.886. The summed E-state index contributed by atoms with van der Waals surface area (Å²) in [5, 5.41) is 16.1. The number of hydrogen-bond donors (Lipinski definition) is 2. The van der Waals surface area contributed by atoms with Crippen LogP contribution >= 0.6 is 22.9 Å². The Kier molecular flexibility index (Phi) is 4.02. The average molecular weight is 322 g/mol. The molecule has 2 N–H and O–H groups in total. The number of amides is 1. The highest BCUT2D eigenvalue weighted by Crippen LogP contribution is 2.46. The van der Waals surface area contributed by atoms with Crippen molar-refractivity contribution in [1.82, 2.24) is 5.32 Å². The maximum absolute atomic E-state index is 12.2. The van der Waals surface area contributed by atoms with Crippen LogP contribution in [0.25, 0.3) is 0 Å². The number of carbonyl (C=O) groups is 1. The van der Waals surface area contributed by atoms with E-state index in [2.05, 4.69) is 5.32 Å². The molecule has 21 heavy (non-hydrogen) atoms. The Bertz CT molecular complexity index is 639. The highest BCUT2D eigenvalue weighted by molar-refractivity contribution is 7.10. The Morgan fingerprint density at radius 3 is 2.71 bits per heavy atom. The zero-order valence-corrected chi connectivity index (χ0v) is 13.0. The van der Waals surface area contributed by atoms with E-state index in [1.165, 1.54) is 11.3 Å². The van der Waals surface area contributed by atoms with Crippen LogP contribution in [0.5, 0.6) is 0 Å². The molecular formula is C16H16ClNO2S. The second kappa shape index (κ2) is 5.79. The molecule has 5 heteroatoms. The molecule has 0 radical (unpaired) electrons. The van der Waals surface area contributed by atoms with Crippen LogP contribution in [0.3, 0.4) is 0 Å². The van der Waals surface area contributed by atoms with Crippen molar-refractivity contribution in [2.45, 2.75) is 18.4 Å². The van der Waals surface area contributed by atoms with E-state index in [0.717, 1.165) is 17.7 Å². The van der Waals surface area contributed by atoms with Gasteiger partial charge >= 0.3 is 0 Å². The number of carbonyl (C=O) groups excluding carboxylic acids is 1. The Balaban J connectivity index is 1.74. The molecule has 1 aliphatic carbocycles. The summed E-state index contributed by atoms with van der Waals surface area (Å²) >= 11 is 7.54. The van der Waals surface area contributed by atoms with Crippen molar-refractivity contribution in [2.24, 2.45) is 5.92 Å². The van der Waals surface area contributed by atoms with Crippen molar-refractivity contribution < 1.29 is 9.90 Å². The molecule has 1 aliphatic rings. The highest BCUT2D eigenvalue weighted by atomic mass is 35.5. The van der Waals surface area contributed by atoms with Gasteiger partial charge in [-0.05, 0) is 42.3 Å². The fourth-order valence-electron chi connectivity index (χ4n) is 2.47. The van der Waals surface area contributed by atoms with Gasteiger partial charge in [0.05, 0.1) is 17.1 Å². The SMILES string of the molecule is O=C(NCC(O)(c1cccs1)C1CC1)c1ccccc1Cl. The zero-order chi connectivity index (χ0) is 14.9. The molecule has 3 rings (SSSR count). The fraction of sp³-hybridized carbons (Fsp3) is 0.312. The number of halogens is 1. The first-order valence-corrected chi connectivity index (χ1v) is 8.16. The minimum atomic E-state index is -0.967. The second-order valence-electron chi connectivity index (χ2n) is 5.34. The molecule has 0 aliphatic heterocycles. The van der Waals surface area contributed by atoms with Gasteiger partial charge in [-0.25, -0.2) is 0 Å². The Hall–Kier alpha value is -1.36. The van der Waals surface area contributed by atoms with E-state index in [4.69, 9.17) is 11.6 Å². The lowest BCUT2D eigenvalue weighted by Gasteiger charge is -2.27. The molecule has 1 unspecified atom stereocenters. The van der Waals surface area contributed by atoms with E-state index < -0.39 is 5.60 Å². The molecular weight excluding hydrogens is 306 g/mol. The van der Waals surface area contributed by atoms with Crippen LogP contribution in [0, 0.1) is 5.92 Å². The number of rotatable bonds is 5. The smallest absolute Gasteiger partial charge is 0.252 e. The molecule has 3 nitrogen and oxygen atoms in total. The summed E-state index contributed by atoms with van der Waals surface area (Å²) in [6.45, 7) is 0.211. The molecule has 1 aromatic carbocycles. The van der Waals surface area contributed by atoms with Gasteiger partial charge in [0.1, 0.15) is 5.60 Å². The van der Waals surface area contributed by atoms with Crippen LogP contribution in [0.4, 0.5) is 0 Å². The number of hydrogen-bond acceptors (Lipinski definition) is 3. The lowest BCUT2D eigenvalue weighted by atomic mass is 9.95. The van der Waals surface area contributed by atoms with Crippen molar-refractivity contribution in [3.8, 4) is 0 Å². The van der Waals surface area contributed by atoms with Gasteiger partial charge in [-0.15, -0.1) is 11.3 Å². The van der Waals surface area contributed by atoms with Gasteiger partial charge in [-0.2, -0.15) is 0 Å². The topological polar surface area (TPSA) is 49.3 Å². The van der Waals surface area contributed by atoms with E-state index in [1.807, 2.05) is 17.5 Å². The van der Waals surface area contributed by atoms with Crippen LogP contribution in [-0.2, 0) is 5.60 Å². The van der Waals surface area contributed by atoms with Gasteiger partial charge in [0.15, 0.2) is 0 Å². The van der Waals surface area contributed by atoms with Crippen LogP contribution in [-0.4, -0.2) is 17.6 Å². The normalized spacial score (nSPS) is 17.2. The monoisotopic (exact) mass is 321 g/mol. The van der Waals surface area contributed by atoms with Gasteiger partial charge in [0, 0.05) is 4.88 Å². The average Bonchev–Trinajstić information content (AvgIpc) is 3.20. The summed E-state index contributed by atoms with van der Waals surface area (Å²) in [6.07, 6.45) is 1.99. The van der Waals surface area contributed by atoms with Crippen LogP contribution in [0.15, 0.2) is 41.8 Å². The molecule has 0 spiro atoms. The summed E-state index contributed by atoms with van der Waals surface area (Å²) < 4.78 is 0. The van der Waals surface area contributed by atoms with Crippen molar-refractivity contribution in [3.63, 3.8) is 0 Å². The summed E-state index contributed by atoms with van der Waals surface area (Å²) in [6, 6.07) is 10.8. The van der Waals surface area contributed by atoms with Crippen LogP contribution in [0.1, 0.15) is 28.1 Å². The van der Waals surface area contributed by atoms with Gasteiger partial charge in [0.25, 0.3) is 5.91 Å². The molecule has 110 valence electrons. The molecule has 1 heterocycles. The van der Waals surface area contributed by atoms with Gasteiger partial charge in [-0.3, -0.25) is 4.79 Å². The van der Waals surface area contributed by atoms with Crippen molar-refractivity contribution in [2.75, 3.05) is 6.54 Å². The number of aliphatic hydroxyl groups is 1. The van der Waals surface area contributed by atoms with Gasteiger partial charge in [0.2, 0.25) is 0 Å². The fourth-order valence-corrected chi connectivity index (χ4v) is 3.60. The van der Waals surface area contributed by atoms with Gasteiger partial charge in [-0.1, -0.05) is 29.8 Å². The van der Waals surface area contributed by atoms with Crippen LogP contribution in [0.2, 0.25) is 5.02 Å². The Morgan fingerprint density at radius 2 is 2.10 bits per heavy atom. The van der Waals surface area contributed by atoms with Gasteiger partial charge < -0.3 is 10.4 Å². The first-order chi connectivity index (χ1) is 10.1. The van der Waals surface area contributed by atoms with Crippen molar-refractivity contribution in [1.29, 1.82) is 0 Å². The molecule has 1 amide bonds. The van der Waals surface area contributed by atoms with Crippen LogP contribution < -0.4 is 5.32 Å². The predicted molar refractivity (Wildman–Crippen MR) is 84.7 cm³/mol. The molecule has 1 aromatic heterocycles. The first-order valence-electron chi connectivity index (χ1n) is 6.90. The Morgan fingerprint density at radius 1 is 1.33 bits per heavy atom. The van der Waals surface area contributed by atoms with E-state index >= 15 is 0 Å². The summed E-state index contributed by atoms with van der Waals surface area (Å²) in [4.78, 5) is 13.1. The summed E-state index contributed by atoms with van der Waals surface area (Å²) in [5.41, 5.74) is -0.533. The lowest BCUT2D eigenvalue weighted by molar-refractivity contribution is 0.0169. The maximum Gasteiger partial charge on any atom is 0.252 e. The third-order valence-corrected chi connectivity index (χ3v) is 5.20. The third-order valence-electron chi connectivity index (χ3n) is 3.84. The molecule has 1 atom stereocenters. The maximum atomic E-state index is 12.2. The third kappa shape index (κ3) is 2.98.